The quantitative estimate of drug-likeness (QED) is 0.413. The van der Waals surface area contributed by atoms with Crippen molar-refractivity contribution in [2.45, 2.75) is 0 Å². The number of anilines is 3. The number of aromatic nitrogens is 3. The van der Waals surface area contributed by atoms with Gasteiger partial charge in [0, 0.05) is 48.5 Å². The molecule has 0 spiro atoms. The molecule has 0 radical (unpaired) electrons. The van der Waals surface area contributed by atoms with E-state index in [2.05, 4.69) is 33.2 Å². The maximum atomic E-state index is 6.46. The normalized spacial score (nSPS) is 11.3. The highest BCUT2D eigenvalue weighted by atomic mass is 35.5. The van der Waals surface area contributed by atoms with Crippen LogP contribution in [0.4, 0.5) is 17.3 Å². The lowest BCUT2D eigenvalue weighted by Gasteiger charge is -2.15. The molecule has 0 aliphatic heterocycles. The number of nitrogens with zero attached hydrogens (tertiary/aromatic N) is 4. The van der Waals surface area contributed by atoms with E-state index in [0.29, 0.717) is 34.7 Å². The Bertz CT molecular complexity index is 1220. The highest BCUT2D eigenvalue weighted by Gasteiger charge is 2.13. The first-order chi connectivity index (χ1) is 14.9. The molecule has 0 unspecified atom stereocenters. The van der Waals surface area contributed by atoms with Gasteiger partial charge < -0.3 is 25.3 Å². The highest BCUT2D eigenvalue weighted by Crippen LogP contribution is 2.34. The SMILES string of the molecule is CN(C)CCOc1cc(Cl)c(Nc2nccc(-c3cn(C)c4ccccc34)n2)cc1N. The van der Waals surface area contributed by atoms with E-state index < -0.39 is 0 Å². The molecule has 2 heterocycles. The molecule has 4 aromatic rings. The average Bonchev–Trinajstić information content (AvgIpc) is 3.08. The predicted molar refractivity (Wildman–Crippen MR) is 127 cm³/mol. The number of nitrogens with two attached hydrogens (primary N) is 1. The van der Waals surface area contributed by atoms with E-state index in [1.807, 2.05) is 44.2 Å². The maximum Gasteiger partial charge on any atom is 0.227 e. The fraction of sp³-hybridized carbons (Fsp3) is 0.217. The zero-order valence-corrected chi connectivity index (χ0v) is 18.5. The van der Waals surface area contributed by atoms with E-state index in [4.69, 9.17) is 27.1 Å². The second kappa shape index (κ2) is 8.83. The summed E-state index contributed by atoms with van der Waals surface area (Å²) in [5, 5.41) is 4.79. The Morgan fingerprint density at radius 3 is 2.81 bits per heavy atom. The van der Waals surface area contributed by atoms with Crippen molar-refractivity contribution in [3.63, 3.8) is 0 Å². The van der Waals surface area contributed by atoms with Gasteiger partial charge in [0.25, 0.3) is 0 Å². The molecule has 0 saturated carbocycles. The third-order valence-corrected chi connectivity index (χ3v) is 5.28. The summed E-state index contributed by atoms with van der Waals surface area (Å²) in [5.74, 6) is 0.996. The van der Waals surface area contributed by atoms with Crippen molar-refractivity contribution in [1.82, 2.24) is 19.4 Å². The summed E-state index contributed by atoms with van der Waals surface area (Å²) in [6.45, 7) is 1.31. The van der Waals surface area contributed by atoms with Crippen LogP contribution >= 0.6 is 11.6 Å². The molecular weight excluding hydrogens is 412 g/mol. The Morgan fingerprint density at radius 2 is 2.00 bits per heavy atom. The van der Waals surface area contributed by atoms with Crippen molar-refractivity contribution >= 4 is 39.8 Å². The topological polar surface area (TPSA) is 81.2 Å². The van der Waals surface area contributed by atoms with Crippen LogP contribution in [0, 0.1) is 0 Å². The van der Waals surface area contributed by atoms with Gasteiger partial charge >= 0.3 is 0 Å². The van der Waals surface area contributed by atoms with Crippen LogP contribution in [-0.2, 0) is 7.05 Å². The van der Waals surface area contributed by atoms with Gasteiger partial charge in [0.15, 0.2) is 0 Å². The Balaban J connectivity index is 1.58. The first-order valence-electron chi connectivity index (χ1n) is 9.93. The molecule has 4 rings (SSSR count). The number of para-hydroxylation sites is 1. The van der Waals surface area contributed by atoms with Crippen LogP contribution in [0.1, 0.15) is 0 Å². The van der Waals surface area contributed by atoms with Crippen LogP contribution < -0.4 is 15.8 Å². The van der Waals surface area contributed by atoms with Crippen molar-refractivity contribution in [2.24, 2.45) is 7.05 Å². The minimum absolute atomic E-state index is 0.438. The summed E-state index contributed by atoms with van der Waals surface area (Å²) in [6, 6.07) is 13.6. The van der Waals surface area contributed by atoms with Crippen molar-refractivity contribution in [1.29, 1.82) is 0 Å². The van der Waals surface area contributed by atoms with Crippen LogP contribution in [-0.4, -0.2) is 46.7 Å². The van der Waals surface area contributed by atoms with Crippen molar-refractivity contribution in [2.75, 3.05) is 38.3 Å². The molecule has 0 aliphatic rings. The van der Waals surface area contributed by atoms with Crippen LogP contribution in [0.2, 0.25) is 5.02 Å². The molecule has 0 amide bonds. The second-order valence-corrected chi connectivity index (χ2v) is 7.99. The van der Waals surface area contributed by atoms with Gasteiger partial charge in [-0.2, -0.15) is 0 Å². The minimum atomic E-state index is 0.438. The Hall–Kier alpha value is -3.29. The van der Waals surface area contributed by atoms with E-state index in [9.17, 15) is 0 Å². The molecular formula is C23H25ClN6O. The number of nitrogen functional groups attached to an aromatic ring is 1. The molecule has 31 heavy (non-hydrogen) atoms. The summed E-state index contributed by atoms with van der Waals surface area (Å²) in [4.78, 5) is 11.1. The number of aryl methyl sites for hydroxylation is 1. The number of rotatable bonds is 7. The number of fused-ring (bicyclic) bond motifs is 1. The minimum Gasteiger partial charge on any atom is -0.490 e. The first kappa shape index (κ1) is 21.0. The van der Waals surface area contributed by atoms with Gasteiger partial charge in [0.05, 0.1) is 22.1 Å². The number of likely N-dealkylation sites (N-methyl/N-ethyl adjacent to an activating group) is 1. The lowest BCUT2D eigenvalue weighted by molar-refractivity contribution is 0.262. The van der Waals surface area contributed by atoms with Crippen molar-refractivity contribution < 1.29 is 4.74 Å². The molecule has 0 bridgehead atoms. The zero-order valence-electron chi connectivity index (χ0n) is 17.8. The highest BCUT2D eigenvalue weighted by molar-refractivity contribution is 6.33. The molecule has 160 valence electrons. The van der Waals surface area contributed by atoms with Gasteiger partial charge in [-0.25, -0.2) is 9.97 Å². The second-order valence-electron chi connectivity index (χ2n) is 7.58. The van der Waals surface area contributed by atoms with Crippen LogP contribution in [0.3, 0.4) is 0 Å². The average molecular weight is 437 g/mol. The third kappa shape index (κ3) is 4.57. The molecule has 0 atom stereocenters. The molecule has 2 aromatic carbocycles. The molecule has 3 N–H and O–H groups in total. The summed E-state index contributed by atoms with van der Waals surface area (Å²) in [6.07, 6.45) is 3.80. The Labute approximate surface area is 186 Å². The van der Waals surface area contributed by atoms with Crippen LogP contribution in [0.5, 0.6) is 5.75 Å². The van der Waals surface area contributed by atoms with Crippen molar-refractivity contribution in [3.8, 4) is 17.0 Å². The number of nitrogens with one attached hydrogen (secondary N) is 1. The zero-order chi connectivity index (χ0) is 22.0. The largest absolute Gasteiger partial charge is 0.490 e. The van der Waals surface area contributed by atoms with Gasteiger partial charge in [0.2, 0.25) is 5.95 Å². The van der Waals surface area contributed by atoms with Crippen LogP contribution in [0.15, 0.2) is 54.9 Å². The Morgan fingerprint density at radius 1 is 1.19 bits per heavy atom. The predicted octanol–water partition coefficient (Wildman–Crippen LogP) is 4.55. The standard InChI is InChI=1S/C23H25ClN6O/c1-29(2)10-11-31-22-12-17(24)20(13-18(22)25)28-23-26-9-8-19(27-23)16-14-30(3)21-7-5-4-6-15(16)21/h4-9,12-14H,10-11,25H2,1-3H3,(H,26,27,28). The summed E-state index contributed by atoms with van der Waals surface area (Å²) in [7, 11) is 6.00. The first-order valence-corrected chi connectivity index (χ1v) is 10.3. The summed E-state index contributed by atoms with van der Waals surface area (Å²) < 4.78 is 7.83. The summed E-state index contributed by atoms with van der Waals surface area (Å²) in [5.41, 5.74) is 10.3. The Kier molecular flexibility index (Phi) is 5.97. The maximum absolute atomic E-state index is 6.46. The van der Waals surface area contributed by atoms with Crippen molar-refractivity contribution in [3.05, 3.63) is 59.9 Å². The van der Waals surface area contributed by atoms with Gasteiger partial charge in [0.1, 0.15) is 12.4 Å². The smallest absolute Gasteiger partial charge is 0.227 e. The molecule has 2 aromatic heterocycles. The molecule has 0 saturated heterocycles. The third-order valence-electron chi connectivity index (χ3n) is 4.97. The molecule has 7 nitrogen and oxygen atoms in total. The fourth-order valence-electron chi connectivity index (χ4n) is 3.37. The van der Waals surface area contributed by atoms with E-state index in [0.717, 1.165) is 28.7 Å². The van der Waals surface area contributed by atoms with E-state index >= 15 is 0 Å². The fourth-order valence-corrected chi connectivity index (χ4v) is 3.57. The monoisotopic (exact) mass is 436 g/mol. The number of ether oxygens (including phenoxy) is 1. The molecule has 8 heteroatoms. The lowest BCUT2D eigenvalue weighted by Crippen LogP contribution is -2.19. The number of hydrogen-bond acceptors (Lipinski definition) is 6. The van der Waals surface area contributed by atoms with Gasteiger partial charge in [-0.1, -0.05) is 29.8 Å². The van der Waals surface area contributed by atoms with Gasteiger partial charge in [-0.05, 0) is 32.3 Å². The van der Waals surface area contributed by atoms with E-state index in [-0.39, 0.29) is 0 Å². The van der Waals surface area contributed by atoms with E-state index in [1.165, 1.54) is 0 Å². The lowest BCUT2D eigenvalue weighted by atomic mass is 10.1. The number of hydrogen-bond donors (Lipinski definition) is 2. The van der Waals surface area contributed by atoms with Gasteiger partial charge in [-0.15, -0.1) is 0 Å². The van der Waals surface area contributed by atoms with E-state index in [1.54, 1.807) is 18.3 Å². The summed E-state index contributed by atoms with van der Waals surface area (Å²) >= 11 is 6.46. The number of halogens is 1. The molecule has 0 aliphatic carbocycles. The number of benzene rings is 2. The molecule has 0 fully saturated rings. The van der Waals surface area contributed by atoms with Crippen LogP contribution in [0.25, 0.3) is 22.2 Å². The van der Waals surface area contributed by atoms with Gasteiger partial charge in [-0.3, -0.25) is 0 Å².